The molecule has 7 nitrogen and oxygen atoms in total. The van der Waals surface area contributed by atoms with Crippen LogP contribution < -0.4 is 16.3 Å². The summed E-state index contributed by atoms with van der Waals surface area (Å²) >= 11 is 0. The first-order chi connectivity index (χ1) is 10.5. The summed E-state index contributed by atoms with van der Waals surface area (Å²) in [6.07, 6.45) is 0. The molecule has 1 N–H and O–H groups in total. The van der Waals surface area contributed by atoms with Crippen molar-refractivity contribution >= 4 is 5.82 Å². The monoisotopic (exact) mass is 302 g/mol. The fourth-order valence-corrected chi connectivity index (χ4v) is 2.30. The van der Waals surface area contributed by atoms with Gasteiger partial charge in [0.2, 0.25) is 0 Å². The van der Waals surface area contributed by atoms with Crippen molar-refractivity contribution in [2.75, 3.05) is 5.01 Å². The highest BCUT2D eigenvalue weighted by Gasteiger charge is 2.20. The van der Waals surface area contributed by atoms with E-state index in [9.17, 15) is 14.5 Å². The maximum absolute atomic E-state index is 12.1. The maximum atomic E-state index is 12.1. The Labute approximate surface area is 127 Å². The predicted octanol–water partition coefficient (Wildman–Crippen LogP) is 2.37. The van der Waals surface area contributed by atoms with Crippen molar-refractivity contribution in [1.82, 2.24) is 9.55 Å². The molecule has 0 unspecified atom stereocenters. The molecule has 1 aromatic carbocycles. The molecule has 2 aromatic rings. The molecule has 22 heavy (non-hydrogen) atoms. The van der Waals surface area contributed by atoms with Gasteiger partial charge in [-0.2, -0.15) is 0 Å². The number of H-pyrrole nitrogens is 1. The highest BCUT2D eigenvalue weighted by atomic mass is 16.3. The second kappa shape index (κ2) is 6.38. The first-order valence-corrected chi connectivity index (χ1v) is 6.99. The molecular formula is C15H18N4O3. The van der Waals surface area contributed by atoms with Gasteiger partial charge >= 0.3 is 5.69 Å². The summed E-state index contributed by atoms with van der Waals surface area (Å²) in [5, 5.41) is 4.04. The Morgan fingerprint density at radius 1 is 1.14 bits per heavy atom. The van der Waals surface area contributed by atoms with E-state index in [0.29, 0.717) is 0 Å². The van der Waals surface area contributed by atoms with Gasteiger partial charge < -0.3 is 0 Å². The number of hydrogen-bond donors (Lipinski definition) is 1. The normalized spacial score (nSPS) is 12.2. The third kappa shape index (κ3) is 2.98. The van der Waals surface area contributed by atoms with Gasteiger partial charge in [-0.15, -0.1) is 4.91 Å². The second-order valence-corrected chi connectivity index (χ2v) is 5.27. The Bertz CT molecular complexity index is 733. The molecule has 0 bridgehead atoms. The maximum Gasteiger partial charge on any atom is 0.330 e. The molecule has 1 heterocycles. The van der Waals surface area contributed by atoms with Crippen molar-refractivity contribution in [2.24, 2.45) is 5.29 Å². The highest BCUT2D eigenvalue weighted by molar-refractivity contribution is 5.39. The van der Waals surface area contributed by atoms with E-state index in [0.717, 1.165) is 15.1 Å². The molecule has 0 radical (unpaired) electrons. The van der Waals surface area contributed by atoms with E-state index in [1.165, 1.54) is 6.07 Å². The van der Waals surface area contributed by atoms with E-state index in [4.69, 9.17) is 0 Å². The van der Waals surface area contributed by atoms with Crippen LogP contribution in [0.15, 0.2) is 51.3 Å². The molecule has 1 atom stereocenters. The molecule has 0 saturated heterocycles. The largest absolute Gasteiger partial charge is 0.330 e. The van der Waals surface area contributed by atoms with Crippen LogP contribution in [-0.4, -0.2) is 9.55 Å². The standard InChI is InChI=1S/C15H18N4O3/c1-10(2)18-14(20)9-13(16-15(18)21)19(17-22)11(3)12-7-5-4-6-8-12/h4-11H,1-3H3,(H,16,21)/t11-/m0/s1. The summed E-state index contributed by atoms with van der Waals surface area (Å²) in [6.45, 7) is 5.24. The number of aromatic amines is 1. The fourth-order valence-electron chi connectivity index (χ4n) is 2.30. The summed E-state index contributed by atoms with van der Waals surface area (Å²) in [6, 6.07) is 9.76. The molecule has 0 aliphatic carbocycles. The summed E-state index contributed by atoms with van der Waals surface area (Å²) in [5.41, 5.74) is -0.190. The second-order valence-electron chi connectivity index (χ2n) is 5.27. The van der Waals surface area contributed by atoms with Crippen molar-refractivity contribution < 1.29 is 0 Å². The quantitative estimate of drug-likeness (QED) is 0.678. The number of benzene rings is 1. The van der Waals surface area contributed by atoms with E-state index < -0.39 is 17.3 Å². The summed E-state index contributed by atoms with van der Waals surface area (Å²) in [5.74, 6) is 0.0817. The number of aromatic nitrogens is 2. The van der Waals surface area contributed by atoms with Crippen molar-refractivity contribution in [3.63, 3.8) is 0 Å². The first-order valence-electron chi connectivity index (χ1n) is 6.99. The van der Waals surface area contributed by atoms with Gasteiger partial charge in [0, 0.05) is 12.1 Å². The van der Waals surface area contributed by atoms with Crippen LogP contribution in [0.25, 0.3) is 0 Å². The lowest BCUT2D eigenvalue weighted by Crippen LogP contribution is -2.38. The van der Waals surface area contributed by atoms with Gasteiger partial charge in [-0.05, 0) is 26.3 Å². The topological polar surface area (TPSA) is 87.5 Å². The molecule has 1 aromatic heterocycles. The number of rotatable bonds is 5. The molecule has 2 rings (SSSR count). The van der Waals surface area contributed by atoms with E-state index >= 15 is 0 Å². The van der Waals surface area contributed by atoms with Crippen LogP contribution in [0, 0.1) is 4.91 Å². The number of anilines is 1. The molecule has 0 aliphatic heterocycles. The molecule has 0 spiro atoms. The van der Waals surface area contributed by atoms with Gasteiger partial charge in [0.15, 0.2) is 0 Å². The van der Waals surface area contributed by atoms with Gasteiger partial charge in [0.25, 0.3) is 5.56 Å². The first kappa shape index (κ1) is 15.7. The minimum Gasteiger partial charge on any atom is -0.292 e. The Morgan fingerprint density at radius 2 is 1.77 bits per heavy atom. The Balaban J connectivity index is 2.47. The number of nitrogens with one attached hydrogen (secondary N) is 1. The molecule has 7 heteroatoms. The molecule has 0 aliphatic rings. The fraction of sp³-hybridized carbons (Fsp3) is 0.333. The average Bonchev–Trinajstić information content (AvgIpc) is 2.47. The summed E-state index contributed by atoms with van der Waals surface area (Å²) in [7, 11) is 0. The zero-order valence-electron chi connectivity index (χ0n) is 12.7. The minimum atomic E-state index is -0.564. The minimum absolute atomic E-state index is 0.0817. The Hall–Kier alpha value is -2.70. The van der Waals surface area contributed by atoms with Crippen molar-refractivity contribution in [3.05, 3.63) is 67.7 Å². The van der Waals surface area contributed by atoms with Crippen molar-refractivity contribution in [1.29, 1.82) is 0 Å². The van der Waals surface area contributed by atoms with Gasteiger partial charge in [0.05, 0.1) is 11.3 Å². The van der Waals surface area contributed by atoms with Crippen LogP contribution in [-0.2, 0) is 0 Å². The van der Waals surface area contributed by atoms with E-state index in [2.05, 4.69) is 10.3 Å². The number of nitrogens with zero attached hydrogens (tertiary/aromatic N) is 3. The van der Waals surface area contributed by atoms with Crippen LogP contribution in [0.3, 0.4) is 0 Å². The van der Waals surface area contributed by atoms with Gasteiger partial charge in [0.1, 0.15) is 5.82 Å². The molecule has 0 fully saturated rings. The molecule has 0 saturated carbocycles. The summed E-state index contributed by atoms with van der Waals surface area (Å²) in [4.78, 5) is 37.8. The van der Waals surface area contributed by atoms with Gasteiger partial charge in [-0.1, -0.05) is 30.3 Å². The van der Waals surface area contributed by atoms with E-state index in [-0.39, 0.29) is 11.9 Å². The zero-order valence-corrected chi connectivity index (χ0v) is 12.7. The SMILES string of the molecule is CC(C)n1c(=O)cc(N(N=O)[C@@H](C)c2ccccc2)[nH]c1=O. The van der Waals surface area contributed by atoms with E-state index in [1.807, 2.05) is 30.3 Å². The predicted molar refractivity (Wildman–Crippen MR) is 84.8 cm³/mol. The lowest BCUT2D eigenvalue weighted by atomic mass is 10.1. The van der Waals surface area contributed by atoms with Crippen LogP contribution in [0.5, 0.6) is 0 Å². The van der Waals surface area contributed by atoms with Crippen LogP contribution in [0.1, 0.15) is 38.4 Å². The molecule has 0 amide bonds. The highest BCUT2D eigenvalue weighted by Crippen LogP contribution is 2.24. The average molecular weight is 302 g/mol. The third-order valence-corrected chi connectivity index (χ3v) is 3.45. The lowest BCUT2D eigenvalue weighted by molar-refractivity contribution is 0.542. The lowest BCUT2D eigenvalue weighted by Gasteiger charge is -2.23. The number of hydrogen-bond acceptors (Lipinski definition) is 4. The van der Waals surface area contributed by atoms with E-state index in [1.54, 1.807) is 20.8 Å². The van der Waals surface area contributed by atoms with Crippen molar-refractivity contribution in [2.45, 2.75) is 32.9 Å². The smallest absolute Gasteiger partial charge is 0.292 e. The number of nitroso groups, excluding NO2 is 1. The molecular weight excluding hydrogens is 284 g/mol. The van der Waals surface area contributed by atoms with Crippen molar-refractivity contribution in [3.8, 4) is 0 Å². The molecule has 116 valence electrons. The zero-order chi connectivity index (χ0) is 16.3. The van der Waals surface area contributed by atoms with Crippen LogP contribution in [0.2, 0.25) is 0 Å². The summed E-state index contributed by atoms with van der Waals surface area (Å²) < 4.78 is 1.08. The van der Waals surface area contributed by atoms with Gasteiger partial charge in [-0.3, -0.25) is 14.3 Å². The van der Waals surface area contributed by atoms with Gasteiger partial charge in [-0.25, -0.2) is 9.80 Å². The van der Waals surface area contributed by atoms with Crippen LogP contribution in [0.4, 0.5) is 5.82 Å². The third-order valence-electron chi connectivity index (χ3n) is 3.45. The Kier molecular flexibility index (Phi) is 4.55. The van der Waals surface area contributed by atoms with Crippen LogP contribution >= 0.6 is 0 Å². The Morgan fingerprint density at radius 3 is 2.27 bits per heavy atom.